The van der Waals surface area contributed by atoms with Gasteiger partial charge >= 0.3 is 0 Å². The number of nitrogens with one attached hydrogen (secondary N) is 1. The quantitative estimate of drug-likeness (QED) is 0.637. The van der Waals surface area contributed by atoms with Crippen LogP contribution in [0.2, 0.25) is 5.02 Å². The number of halogens is 1. The van der Waals surface area contributed by atoms with Gasteiger partial charge < -0.3 is 14.8 Å². The molecule has 1 aromatic carbocycles. The highest BCUT2D eigenvalue weighted by Crippen LogP contribution is 2.35. The number of hydrogen-bond donors (Lipinski definition) is 1. The zero-order chi connectivity index (χ0) is 18.2. The van der Waals surface area contributed by atoms with Crippen LogP contribution in [0.25, 0.3) is 11.3 Å². The summed E-state index contributed by atoms with van der Waals surface area (Å²) >= 11 is 6.42. The lowest BCUT2D eigenvalue weighted by atomic mass is 10.1. The van der Waals surface area contributed by atoms with E-state index < -0.39 is 0 Å². The molecule has 2 aromatic rings. The maximum Gasteiger partial charge on any atom is 0.237 e. The van der Waals surface area contributed by atoms with E-state index in [2.05, 4.69) is 17.2 Å². The molecular formula is C19H26ClN3O2. The molecular weight excluding hydrogens is 338 g/mol. The number of anilines is 1. The number of unbranched alkanes of at least 4 members (excludes halogenated alkanes) is 2. The van der Waals surface area contributed by atoms with Crippen LogP contribution in [0.4, 0.5) is 5.82 Å². The fourth-order valence-electron chi connectivity index (χ4n) is 2.50. The molecule has 1 heterocycles. The summed E-state index contributed by atoms with van der Waals surface area (Å²) in [5.41, 5.74) is 2.36. The van der Waals surface area contributed by atoms with Gasteiger partial charge in [-0.2, -0.15) is 4.98 Å². The van der Waals surface area contributed by atoms with Crippen molar-refractivity contribution in [3.05, 3.63) is 28.9 Å². The van der Waals surface area contributed by atoms with E-state index in [1.54, 1.807) is 13.2 Å². The van der Waals surface area contributed by atoms with Crippen LogP contribution in [0.3, 0.4) is 0 Å². The molecule has 0 aliphatic heterocycles. The van der Waals surface area contributed by atoms with E-state index in [0.29, 0.717) is 34.8 Å². The van der Waals surface area contributed by atoms with Crippen molar-refractivity contribution < 1.29 is 9.47 Å². The Labute approximate surface area is 154 Å². The Bertz CT molecular complexity index is 707. The smallest absolute Gasteiger partial charge is 0.237 e. The summed E-state index contributed by atoms with van der Waals surface area (Å²) < 4.78 is 11.1. The topological polar surface area (TPSA) is 56.3 Å². The summed E-state index contributed by atoms with van der Waals surface area (Å²) in [5.74, 6) is 1.95. The monoisotopic (exact) mass is 363 g/mol. The minimum absolute atomic E-state index is 0.573. The molecule has 0 spiro atoms. The van der Waals surface area contributed by atoms with Crippen LogP contribution >= 0.6 is 11.6 Å². The molecule has 1 N–H and O–H groups in total. The molecule has 0 atom stereocenters. The van der Waals surface area contributed by atoms with Gasteiger partial charge in [0.05, 0.1) is 18.7 Å². The van der Waals surface area contributed by atoms with Gasteiger partial charge in [0.2, 0.25) is 5.88 Å². The molecule has 0 fully saturated rings. The fourth-order valence-corrected chi connectivity index (χ4v) is 2.76. The second kappa shape index (κ2) is 9.47. The first-order valence-electron chi connectivity index (χ1n) is 8.69. The molecule has 6 heteroatoms. The zero-order valence-electron chi connectivity index (χ0n) is 15.4. The molecule has 0 bridgehead atoms. The predicted molar refractivity (Wildman–Crippen MR) is 103 cm³/mol. The zero-order valence-corrected chi connectivity index (χ0v) is 16.1. The van der Waals surface area contributed by atoms with Gasteiger partial charge in [0.25, 0.3) is 0 Å². The third kappa shape index (κ3) is 4.75. The molecule has 1 aromatic heterocycles. The van der Waals surface area contributed by atoms with E-state index in [-0.39, 0.29) is 0 Å². The third-order valence-corrected chi connectivity index (χ3v) is 4.23. The summed E-state index contributed by atoms with van der Waals surface area (Å²) in [7, 11) is 3.43. The minimum atomic E-state index is 0.573. The Morgan fingerprint density at radius 3 is 2.56 bits per heavy atom. The fraction of sp³-hybridized carbons (Fsp3) is 0.474. The number of methoxy groups -OCH3 is 1. The summed E-state index contributed by atoms with van der Waals surface area (Å²) in [4.78, 5) is 9.41. The summed E-state index contributed by atoms with van der Waals surface area (Å²) in [6.45, 7) is 4.87. The maximum absolute atomic E-state index is 6.42. The molecule has 0 aliphatic rings. The standard InChI is InChI=1S/C19H26ClN3O2/c1-5-7-8-11-25-19-16(6-2)22-17(18(21-3)23-19)14-10-9-13(24-4)12-15(14)20/h9-10,12H,5-8,11H2,1-4H3,(H,21,23). The average molecular weight is 364 g/mol. The number of aryl methyl sites for hydroxylation is 1. The van der Waals surface area contributed by atoms with E-state index in [1.807, 2.05) is 26.1 Å². The first kappa shape index (κ1) is 19.3. The van der Waals surface area contributed by atoms with Crippen LogP contribution in [0, 0.1) is 0 Å². The molecule has 0 aliphatic carbocycles. The number of ether oxygens (including phenoxy) is 2. The van der Waals surface area contributed by atoms with Gasteiger partial charge in [-0.1, -0.05) is 38.3 Å². The Balaban J connectivity index is 2.38. The van der Waals surface area contributed by atoms with Crippen molar-refractivity contribution >= 4 is 17.4 Å². The minimum Gasteiger partial charge on any atom is -0.497 e. The number of rotatable bonds is 9. The lowest BCUT2D eigenvalue weighted by Gasteiger charge is -2.15. The van der Waals surface area contributed by atoms with Crippen molar-refractivity contribution in [1.29, 1.82) is 0 Å². The van der Waals surface area contributed by atoms with Crippen molar-refractivity contribution in [2.24, 2.45) is 0 Å². The van der Waals surface area contributed by atoms with Crippen LogP contribution in [0.1, 0.15) is 38.8 Å². The highest BCUT2D eigenvalue weighted by atomic mass is 35.5. The Kier molecular flexibility index (Phi) is 7.31. The van der Waals surface area contributed by atoms with E-state index >= 15 is 0 Å². The van der Waals surface area contributed by atoms with Crippen LogP contribution in [-0.4, -0.2) is 30.7 Å². The summed E-state index contributed by atoms with van der Waals surface area (Å²) in [6.07, 6.45) is 4.06. The van der Waals surface area contributed by atoms with Gasteiger partial charge in [0.15, 0.2) is 5.82 Å². The Morgan fingerprint density at radius 2 is 1.96 bits per heavy atom. The van der Waals surface area contributed by atoms with Gasteiger partial charge in [-0.05, 0) is 31.0 Å². The van der Waals surface area contributed by atoms with Gasteiger partial charge in [-0.25, -0.2) is 4.98 Å². The Hall–Kier alpha value is -2.01. The van der Waals surface area contributed by atoms with Crippen molar-refractivity contribution in [2.75, 3.05) is 26.1 Å². The van der Waals surface area contributed by atoms with Crippen LogP contribution in [-0.2, 0) is 6.42 Å². The second-order valence-corrected chi connectivity index (χ2v) is 6.08. The number of nitrogens with zero attached hydrogens (tertiary/aromatic N) is 2. The normalized spacial score (nSPS) is 10.6. The third-order valence-electron chi connectivity index (χ3n) is 3.92. The molecule has 0 saturated carbocycles. The first-order chi connectivity index (χ1) is 12.1. The van der Waals surface area contributed by atoms with Gasteiger partial charge in [-0.15, -0.1) is 0 Å². The SMILES string of the molecule is CCCCCOc1nc(NC)c(-c2ccc(OC)cc2Cl)nc1CC. The lowest BCUT2D eigenvalue weighted by Crippen LogP contribution is -2.08. The molecule has 2 rings (SSSR count). The molecule has 0 radical (unpaired) electrons. The van der Waals surface area contributed by atoms with Crippen molar-refractivity contribution in [1.82, 2.24) is 9.97 Å². The maximum atomic E-state index is 6.42. The molecule has 25 heavy (non-hydrogen) atoms. The Morgan fingerprint density at radius 1 is 1.16 bits per heavy atom. The van der Waals surface area contributed by atoms with E-state index in [0.717, 1.165) is 36.9 Å². The summed E-state index contributed by atoms with van der Waals surface area (Å²) in [5, 5.41) is 3.67. The van der Waals surface area contributed by atoms with Crippen LogP contribution in [0.5, 0.6) is 11.6 Å². The number of aromatic nitrogens is 2. The summed E-state index contributed by atoms with van der Waals surface area (Å²) in [6, 6.07) is 5.54. The lowest BCUT2D eigenvalue weighted by molar-refractivity contribution is 0.290. The van der Waals surface area contributed by atoms with Crippen LogP contribution < -0.4 is 14.8 Å². The van der Waals surface area contributed by atoms with Gasteiger partial charge in [0.1, 0.15) is 17.1 Å². The van der Waals surface area contributed by atoms with Crippen molar-refractivity contribution in [3.63, 3.8) is 0 Å². The highest BCUT2D eigenvalue weighted by Gasteiger charge is 2.17. The molecule has 0 unspecified atom stereocenters. The van der Waals surface area contributed by atoms with E-state index in [9.17, 15) is 0 Å². The number of benzene rings is 1. The predicted octanol–water partition coefficient (Wildman–Crippen LogP) is 4.98. The molecule has 136 valence electrons. The van der Waals surface area contributed by atoms with E-state index in [4.69, 9.17) is 26.1 Å². The number of hydrogen-bond acceptors (Lipinski definition) is 5. The molecule has 0 amide bonds. The molecule has 0 saturated heterocycles. The van der Waals surface area contributed by atoms with Gasteiger partial charge in [-0.3, -0.25) is 0 Å². The van der Waals surface area contributed by atoms with Crippen molar-refractivity contribution in [3.8, 4) is 22.9 Å². The van der Waals surface area contributed by atoms with Gasteiger partial charge in [0, 0.05) is 12.6 Å². The largest absolute Gasteiger partial charge is 0.497 e. The van der Waals surface area contributed by atoms with Crippen molar-refractivity contribution in [2.45, 2.75) is 39.5 Å². The van der Waals surface area contributed by atoms with Crippen LogP contribution in [0.15, 0.2) is 18.2 Å². The average Bonchev–Trinajstić information content (AvgIpc) is 2.64. The second-order valence-electron chi connectivity index (χ2n) is 5.68. The first-order valence-corrected chi connectivity index (χ1v) is 9.07. The molecule has 5 nitrogen and oxygen atoms in total. The highest BCUT2D eigenvalue weighted by molar-refractivity contribution is 6.33. The van der Waals surface area contributed by atoms with E-state index in [1.165, 1.54) is 0 Å².